The number of imidazole rings is 1. The van der Waals surface area contributed by atoms with Crippen LogP contribution in [0.1, 0.15) is 47.3 Å². The summed E-state index contributed by atoms with van der Waals surface area (Å²) in [5.74, 6) is -0.685. The fourth-order valence-electron chi connectivity index (χ4n) is 3.08. The Morgan fingerprint density at radius 3 is 2.84 bits per heavy atom. The number of carboxylic acid groups (broad SMARTS) is 1. The first-order chi connectivity index (χ1) is 12.0. The minimum absolute atomic E-state index is 0.0175. The van der Waals surface area contributed by atoms with Crippen molar-refractivity contribution in [3.8, 4) is 16.9 Å². The van der Waals surface area contributed by atoms with E-state index in [1.807, 2.05) is 13.8 Å². The van der Waals surface area contributed by atoms with Gasteiger partial charge in [-0.25, -0.2) is 24.1 Å². The van der Waals surface area contributed by atoms with Crippen molar-refractivity contribution >= 4 is 5.97 Å². The second-order valence-electron chi connectivity index (χ2n) is 6.31. The van der Waals surface area contributed by atoms with E-state index in [4.69, 9.17) is 0 Å². The summed E-state index contributed by atoms with van der Waals surface area (Å²) in [6.07, 6.45) is 3.46. The van der Waals surface area contributed by atoms with Crippen molar-refractivity contribution in [3.05, 3.63) is 59.3 Å². The number of carbonyl (C=O) groups is 1. The molecule has 0 fully saturated rings. The minimum Gasteiger partial charge on any atom is -0.476 e. The minimum atomic E-state index is -1.10. The van der Waals surface area contributed by atoms with E-state index in [0.29, 0.717) is 34.9 Å². The van der Waals surface area contributed by atoms with Crippen LogP contribution in [-0.2, 0) is 6.42 Å². The Morgan fingerprint density at radius 2 is 2.12 bits per heavy atom. The van der Waals surface area contributed by atoms with Gasteiger partial charge in [-0.1, -0.05) is 13.8 Å². The van der Waals surface area contributed by atoms with Gasteiger partial charge in [0.05, 0.1) is 17.1 Å². The van der Waals surface area contributed by atoms with Crippen LogP contribution in [0.4, 0.5) is 4.39 Å². The molecule has 4 rings (SSSR count). The molecule has 2 aromatic heterocycles. The molecule has 1 aliphatic heterocycles. The van der Waals surface area contributed by atoms with Crippen LogP contribution in [0.2, 0.25) is 0 Å². The van der Waals surface area contributed by atoms with E-state index in [1.165, 1.54) is 18.5 Å². The van der Waals surface area contributed by atoms with E-state index < -0.39 is 5.97 Å². The topological polar surface area (TPSA) is 80.9 Å². The van der Waals surface area contributed by atoms with Gasteiger partial charge in [-0.05, 0) is 18.2 Å². The molecule has 1 N–H and O–H groups in total. The Morgan fingerprint density at radius 1 is 1.32 bits per heavy atom. The zero-order chi connectivity index (χ0) is 17.7. The van der Waals surface area contributed by atoms with Crippen molar-refractivity contribution < 1.29 is 14.3 Å². The van der Waals surface area contributed by atoms with E-state index in [0.717, 1.165) is 5.56 Å². The molecule has 3 aromatic rings. The molecule has 0 saturated carbocycles. The second-order valence-corrected chi connectivity index (χ2v) is 6.31. The van der Waals surface area contributed by atoms with Gasteiger partial charge >= 0.3 is 5.97 Å². The first-order valence-corrected chi connectivity index (χ1v) is 7.91. The molecule has 3 heterocycles. The summed E-state index contributed by atoms with van der Waals surface area (Å²) in [6.45, 7) is 3.97. The molecule has 0 atom stereocenters. The summed E-state index contributed by atoms with van der Waals surface area (Å²) >= 11 is 0. The third-order valence-electron chi connectivity index (χ3n) is 4.30. The van der Waals surface area contributed by atoms with E-state index in [-0.39, 0.29) is 17.4 Å². The number of aromatic nitrogens is 4. The summed E-state index contributed by atoms with van der Waals surface area (Å²) in [4.78, 5) is 24.5. The first kappa shape index (κ1) is 15.4. The normalized spacial score (nSPS) is 12.3. The van der Waals surface area contributed by atoms with Crippen molar-refractivity contribution in [1.82, 2.24) is 19.5 Å². The highest BCUT2D eigenvalue weighted by Crippen LogP contribution is 2.35. The number of fused-ring (bicyclic) bond motifs is 5. The highest BCUT2D eigenvalue weighted by Gasteiger charge is 2.26. The number of benzene rings is 1. The monoisotopic (exact) mass is 338 g/mol. The largest absolute Gasteiger partial charge is 0.476 e. The SMILES string of the molecule is CC(C)c1ncc2c(n1)-c1cc(F)ccc1-n1cnc(C(=O)O)c1C2. The average Bonchev–Trinajstić information content (AvgIpc) is 2.93. The molecule has 7 heteroatoms. The molecule has 0 saturated heterocycles. The predicted molar refractivity (Wildman–Crippen MR) is 88.4 cm³/mol. The zero-order valence-corrected chi connectivity index (χ0v) is 13.7. The smallest absolute Gasteiger partial charge is 0.356 e. The summed E-state index contributed by atoms with van der Waals surface area (Å²) < 4.78 is 15.6. The average molecular weight is 338 g/mol. The van der Waals surface area contributed by atoms with Gasteiger partial charge < -0.3 is 9.67 Å². The van der Waals surface area contributed by atoms with Crippen LogP contribution < -0.4 is 0 Å². The van der Waals surface area contributed by atoms with Gasteiger partial charge in [-0.15, -0.1) is 0 Å². The summed E-state index contributed by atoms with van der Waals surface area (Å²) in [7, 11) is 0. The zero-order valence-electron chi connectivity index (χ0n) is 13.7. The Kier molecular flexibility index (Phi) is 3.38. The van der Waals surface area contributed by atoms with Crippen LogP contribution in [0.5, 0.6) is 0 Å². The third-order valence-corrected chi connectivity index (χ3v) is 4.30. The number of carboxylic acids is 1. The van der Waals surface area contributed by atoms with Crippen molar-refractivity contribution in [3.63, 3.8) is 0 Å². The lowest BCUT2D eigenvalue weighted by Crippen LogP contribution is -2.06. The van der Waals surface area contributed by atoms with Gasteiger partial charge in [0.15, 0.2) is 5.69 Å². The number of hydrogen-bond donors (Lipinski definition) is 1. The molecule has 0 spiro atoms. The molecule has 0 amide bonds. The summed E-state index contributed by atoms with van der Waals surface area (Å²) in [6, 6.07) is 4.38. The van der Waals surface area contributed by atoms with Crippen molar-refractivity contribution in [2.45, 2.75) is 26.2 Å². The molecular weight excluding hydrogens is 323 g/mol. The Labute approximate surface area is 143 Å². The van der Waals surface area contributed by atoms with Crippen LogP contribution in [-0.4, -0.2) is 30.6 Å². The highest BCUT2D eigenvalue weighted by atomic mass is 19.1. The van der Waals surface area contributed by atoms with E-state index >= 15 is 0 Å². The Bertz CT molecular complexity index is 1010. The number of rotatable bonds is 2. The van der Waals surface area contributed by atoms with E-state index in [2.05, 4.69) is 15.0 Å². The molecule has 25 heavy (non-hydrogen) atoms. The number of hydrogen-bond acceptors (Lipinski definition) is 4. The molecule has 0 unspecified atom stereocenters. The predicted octanol–water partition coefficient (Wildman–Crippen LogP) is 3.19. The molecule has 1 aromatic carbocycles. The van der Waals surface area contributed by atoms with Gasteiger partial charge in [-0.2, -0.15) is 0 Å². The molecule has 6 nitrogen and oxygen atoms in total. The lowest BCUT2D eigenvalue weighted by Gasteiger charge is -2.12. The summed E-state index contributed by atoms with van der Waals surface area (Å²) in [5, 5.41) is 9.41. The van der Waals surface area contributed by atoms with Crippen LogP contribution >= 0.6 is 0 Å². The fourth-order valence-corrected chi connectivity index (χ4v) is 3.08. The second kappa shape index (κ2) is 5.47. The highest BCUT2D eigenvalue weighted by molar-refractivity contribution is 5.88. The lowest BCUT2D eigenvalue weighted by molar-refractivity contribution is 0.0690. The van der Waals surface area contributed by atoms with E-state index in [1.54, 1.807) is 16.8 Å². The van der Waals surface area contributed by atoms with Gasteiger partial charge in [0.25, 0.3) is 0 Å². The van der Waals surface area contributed by atoms with Gasteiger partial charge in [-0.3, -0.25) is 0 Å². The van der Waals surface area contributed by atoms with E-state index in [9.17, 15) is 14.3 Å². The number of nitrogens with zero attached hydrogens (tertiary/aromatic N) is 4. The van der Waals surface area contributed by atoms with Crippen LogP contribution in [0.15, 0.2) is 30.7 Å². The van der Waals surface area contributed by atoms with Gasteiger partial charge in [0.2, 0.25) is 0 Å². The molecule has 0 aliphatic carbocycles. The number of halogens is 1. The molecule has 1 aliphatic rings. The maximum absolute atomic E-state index is 13.9. The van der Waals surface area contributed by atoms with Crippen LogP contribution in [0, 0.1) is 5.82 Å². The maximum atomic E-state index is 13.9. The van der Waals surface area contributed by atoms with Crippen molar-refractivity contribution in [2.24, 2.45) is 0 Å². The first-order valence-electron chi connectivity index (χ1n) is 7.91. The molecular formula is C18H15FN4O2. The van der Waals surface area contributed by atoms with Crippen LogP contribution in [0.25, 0.3) is 16.9 Å². The quantitative estimate of drug-likeness (QED) is 0.607. The standard InChI is InChI=1S/C18H15FN4O2/c1-9(2)17-20-7-10-5-14-16(18(24)25)21-8-23(14)13-4-3-11(19)6-12(13)15(10)22-17/h3-4,6-9H,5H2,1-2H3,(H,24,25). The Hall–Kier alpha value is -3.09. The molecule has 126 valence electrons. The van der Waals surface area contributed by atoms with Crippen molar-refractivity contribution in [1.29, 1.82) is 0 Å². The molecule has 0 radical (unpaired) electrons. The summed E-state index contributed by atoms with van der Waals surface area (Å²) in [5.41, 5.74) is 3.15. The Balaban J connectivity index is 2.06. The van der Waals surface area contributed by atoms with Gasteiger partial charge in [0, 0.05) is 29.7 Å². The fraction of sp³-hybridized carbons (Fsp3) is 0.222. The number of aromatic carboxylic acids is 1. The lowest BCUT2D eigenvalue weighted by atomic mass is 10.0. The maximum Gasteiger partial charge on any atom is 0.356 e. The van der Waals surface area contributed by atoms with Crippen LogP contribution in [0.3, 0.4) is 0 Å². The third kappa shape index (κ3) is 2.39. The van der Waals surface area contributed by atoms with Crippen molar-refractivity contribution in [2.75, 3.05) is 0 Å². The van der Waals surface area contributed by atoms with Gasteiger partial charge in [0.1, 0.15) is 18.0 Å². The molecule has 0 bridgehead atoms.